The standard InChI is InChI=1S/C20H24N4O3S/c1-22(2)12-7-13-24(20(25)27-3)19-15-23-14-17(10-11-18(23)21-19)28(26)16-8-5-4-6-9-16/h4-6,8-11,14-15H,7,12-13H2,1-3H3. The van der Waals surface area contributed by atoms with Crippen molar-refractivity contribution in [1.29, 1.82) is 0 Å². The van der Waals surface area contributed by atoms with E-state index in [0.29, 0.717) is 22.9 Å². The second kappa shape index (κ2) is 8.99. The molecule has 0 spiro atoms. The van der Waals surface area contributed by atoms with Crippen molar-refractivity contribution in [1.82, 2.24) is 14.3 Å². The van der Waals surface area contributed by atoms with Gasteiger partial charge in [-0.15, -0.1) is 0 Å². The van der Waals surface area contributed by atoms with Gasteiger partial charge < -0.3 is 14.0 Å². The van der Waals surface area contributed by atoms with Crippen molar-refractivity contribution >= 4 is 28.4 Å². The molecule has 1 aromatic carbocycles. The highest BCUT2D eigenvalue weighted by Crippen LogP contribution is 2.20. The maximum absolute atomic E-state index is 12.8. The predicted molar refractivity (Wildman–Crippen MR) is 109 cm³/mol. The van der Waals surface area contributed by atoms with Crippen molar-refractivity contribution in [3.05, 3.63) is 54.9 Å². The molecule has 0 aliphatic carbocycles. The fourth-order valence-corrected chi connectivity index (χ4v) is 3.91. The number of carbonyl (C=O) groups is 1. The molecule has 3 rings (SSSR count). The van der Waals surface area contributed by atoms with Gasteiger partial charge in [0.15, 0.2) is 5.82 Å². The molecule has 3 aromatic rings. The summed E-state index contributed by atoms with van der Waals surface area (Å²) in [6.45, 7) is 1.35. The zero-order valence-corrected chi connectivity index (χ0v) is 17.1. The van der Waals surface area contributed by atoms with E-state index < -0.39 is 16.9 Å². The lowest BCUT2D eigenvalue weighted by molar-refractivity contribution is 0.178. The number of pyridine rings is 1. The number of hydrogen-bond acceptors (Lipinski definition) is 5. The van der Waals surface area contributed by atoms with Crippen molar-refractivity contribution in [2.75, 3.05) is 39.2 Å². The van der Waals surface area contributed by atoms with Gasteiger partial charge in [0.25, 0.3) is 0 Å². The maximum atomic E-state index is 12.8. The van der Waals surface area contributed by atoms with Gasteiger partial charge in [-0.2, -0.15) is 0 Å². The highest BCUT2D eigenvalue weighted by molar-refractivity contribution is 7.85. The average Bonchev–Trinajstić information content (AvgIpc) is 3.13. The van der Waals surface area contributed by atoms with Crippen LogP contribution in [0.2, 0.25) is 0 Å². The maximum Gasteiger partial charge on any atom is 0.415 e. The van der Waals surface area contributed by atoms with Crippen molar-refractivity contribution < 1.29 is 13.7 Å². The molecule has 1 unspecified atom stereocenters. The molecule has 0 saturated carbocycles. The molecule has 0 N–H and O–H groups in total. The predicted octanol–water partition coefficient (Wildman–Crippen LogP) is 3.03. The summed E-state index contributed by atoms with van der Waals surface area (Å²) in [5.74, 6) is 0.508. The Labute approximate surface area is 167 Å². The van der Waals surface area contributed by atoms with Gasteiger partial charge in [0, 0.05) is 17.6 Å². The normalized spacial score (nSPS) is 12.3. The van der Waals surface area contributed by atoms with E-state index in [1.54, 1.807) is 28.9 Å². The largest absolute Gasteiger partial charge is 0.452 e. The lowest BCUT2D eigenvalue weighted by atomic mass is 10.3. The molecule has 0 saturated heterocycles. The smallest absolute Gasteiger partial charge is 0.415 e. The molecule has 0 bridgehead atoms. The molecule has 0 fully saturated rings. The molecule has 0 aliphatic rings. The van der Waals surface area contributed by atoms with Crippen LogP contribution >= 0.6 is 0 Å². The molecule has 1 amide bonds. The zero-order chi connectivity index (χ0) is 20.1. The van der Waals surface area contributed by atoms with Crippen molar-refractivity contribution in [2.24, 2.45) is 0 Å². The van der Waals surface area contributed by atoms with Crippen LogP contribution in [0.25, 0.3) is 5.65 Å². The van der Waals surface area contributed by atoms with Crippen LogP contribution in [0, 0.1) is 0 Å². The number of nitrogens with zero attached hydrogens (tertiary/aromatic N) is 4. The van der Waals surface area contributed by atoms with E-state index in [9.17, 15) is 9.00 Å². The first-order valence-electron chi connectivity index (χ1n) is 8.95. The summed E-state index contributed by atoms with van der Waals surface area (Å²) in [5, 5.41) is 0. The average molecular weight is 401 g/mol. The number of rotatable bonds is 7. The molecule has 148 valence electrons. The van der Waals surface area contributed by atoms with Crippen LogP contribution in [0.3, 0.4) is 0 Å². The molecular formula is C20H24N4O3S. The summed E-state index contributed by atoms with van der Waals surface area (Å²) >= 11 is 0. The van der Waals surface area contributed by atoms with Gasteiger partial charge in [0.05, 0.1) is 29.0 Å². The first kappa shape index (κ1) is 20.0. The molecule has 2 heterocycles. The third kappa shape index (κ3) is 4.58. The van der Waals surface area contributed by atoms with Crippen LogP contribution in [0.15, 0.2) is 64.6 Å². The van der Waals surface area contributed by atoms with Crippen LogP contribution in [-0.2, 0) is 15.5 Å². The van der Waals surface area contributed by atoms with E-state index in [-0.39, 0.29) is 0 Å². The highest BCUT2D eigenvalue weighted by atomic mass is 32.2. The third-order valence-corrected chi connectivity index (χ3v) is 5.61. The molecular weight excluding hydrogens is 376 g/mol. The molecule has 1 atom stereocenters. The summed E-state index contributed by atoms with van der Waals surface area (Å²) in [6, 6.07) is 12.9. The van der Waals surface area contributed by atoms with Crippen molar-refractivity contribution in [2.45, 2.75) is 16.2 Å². The van der Waals surface area contributed by atoms with Gasteiger partial charge in [-0.25, -0.2) is 14.0 Å². The summed E-state index contributed by atoms with van der Waals surface area (Å²) in [6.07, 6.45) is 3.88. The number of amides is 1. The number of hydrogen-bond donors (Lipinski definition) is 0. The van der Waals surface area contributed by atoms with E-state index in [1.165, 1.54) is 12.0 Å². The molecule has 2 aromatic heterocycles. The number of carbonyl (C=O) groups excluding carboxylic acids is 1. The van der Waals surface area contributed by atoms with Gasteiger partial charge >= 0.3 is 6.09 Å². The molecule has 28 heavy (non-hydrogen) atoms. The fourth-order valence-electron chi connectivity index (χ4n) is 2.83. The lowest BCUT2D eigenvalue weighted by Gasteiger charge is -2.19. The molecule has 7 nitrogen and oxygen atoms in total. The number of methoxy groups -OCH3 is 1. The van der Waals surface area contributed by atoms with Crippen LogP contribution in [0.5, 0.6) is 0 Å². The van der Waals surface area contributed by atoms with E-state index in [4.69, 9.17) is 4.74 Å². The first-order valence-corrected chi connectivity index (χ1v) is 10.1. The summed E-state index contributed by atoms with van der Waals surface area (Å²) < 4.78 is 19.5. The van der Waals surface area contributed by atoms with Crippen LogP contribution < -0.4 is 4.90 Å². The Morgan fingerprint density at radius 3 is 2.50 bits per heavy atom. The lowest BCUT2D eigenvalue weighted by Crippen LogP contribution is -2.33. The SMILES string of the molecule is COC(=O)N(CCCN(C)C)c1cn2cc(S(=O)c3ccccc3)ccc2n1. The number of ether oxygens (including phenoxy) is 1. The highest BCUT2D eigenvalue weighted by Gasteiger charge is 2.19. The summed E-state index contributed by atoms with van der Waals surface area (Å²) in [4.78, 5) is 21.7. The van der Waals surface area contributed by atoms with Gasteiger partial charge in [-0.1, -0.05) is 18.2 Å². The first-order chi connectivity index (χ1) is 13.5. The minimum absolute atomic E-state index is 0.449. The Bertz CT molecular complexity index is 972. The molecule has 8 heteroatoms. The van der Waals surface area contributed by atoms with Crippen LogP contribution in [0.1, 0.15) is 6.42 Å². The monoisotopic (exact) mass is 400 g/mol. The van der Waals surface area contributed by atoms with Crippen LogP contribution in [0.4, 0.5) is 10.6 Å². The van der Waals surface area contributed by atoms with Gasteiger partial charge in [-0.3, -0.25) is 4.90 Å². The second-order valence-corrected chi connectivity index (χ2v) is 8.07. The van der Waals surface area contributed by atoms with Crippen molar-refractivity contribution in [3.8, 4) is 0 Å². The summed E-state index contributed by atoms with van der Waals surface area (Å²) in [7, 11) is 4.05. The van der Waals surface area contributed by atoms with Gasteiger partial charge in [0.1, 0.15) is 5.65 Å². The van der Waals surface area contributed by atoms with Gasteiger partial charge in [0.2, 0.25) is 0 Å². The Morgan fingerprint density at radius 2 is 1.82 bits per heavy atom. The number of imidazole rings is 1. The summed E-state index contributed by atoms with van der Waals surface area (Å²) in [5.41, 5.74) is 0.672. The van der Waals surface area contributed by atoms with Crippen molar-refractivity contribution in [3.63, 3.8) is 0 Å². The Balaban J connectivity index is 1.87. The van der Waals surface area contributed by atoms with Crippen LogP contribution in [-0.4, -0.2) is 58.9 Å². The number of aromatic nitrogens is 2. The fraction of sp³-hybridized carbons (Fsp3) is 0.300. The quantitative estimate of drug-likeness (QED) is 0.610. The Morgan fingerprint density at radius 1 is 1.07 bits per heavy atom. The van der Waals surface area contributed by atoms with E-state index in [0.717, 1.165) is 17.9 Å². The van der Waals surface area contributed by atoms with E-state index in [1.807, 2.05) is 44.4 Å². The number of fused-ring (bicyclic) bond motifs is 1. The Kier molecular flexibility index (Phi) is 6.43. The number of benzene rings is 1. The van der Waals surface area contributed by atoms with Gasteiger partial charge in [-0.05, 0) is 51.3 Å². The third-order valence-electron chi connectivity index (χ3n) is 4.24. The molecule has 0 aliphatic heterocycles. The molecule has 0 radical (unpaired) electrons. The van der Waals surface area contributed by atoms with E-state index in [2.05, 4.69) is 9.88 Å². The topological polar surface area (TPSA) is 67.2 Å². The zero-order valence-electron chi connectivity index (χ0n) is 16.2. The number of anilines is 1. The minimum Gasteiger partial charge on any atom is -0.452 e. The second-order valence-electron chi connectivity index (χ2n) is 6.59. The van der Waals surface area contributed by atoms with E-state index >= 15 is 0 Å². The Hall–Kier alpha value is -2.71. The minimum atomic E-state index is -1.28.